The van der Waals surface area contributed by atoms with Gasteiger partial charge in [-0.05, 0) is 55.9 Å². The fourth-order valence-corrected chi connectivity index (χ4v) is 3.31. The molecular weight excluding hydrogens is 338 g/mol. The minimum absolute atomic E-state index is 0.122. The van der Waals surface area contributed by atoms with Crippen molar-refractivity contribution in [3.05, 3.63) is 28.7 Å². The second kappa shape index (κ2) is 7.67. The van der Waals surface area contributed by atoms with E-state index in [1.54, 1.807) is 0 Å². The van der Waals surface area contributed by atoms with Gasteiger partial charge in [0.05, 0.1) is 0 Å². The van der Waals surface area contributed by atoms with Crippen LogP contribution in [0, 0.1) is 5.92 Å². The van der Waals surface area contributed by atoms with Crippen molar-refractivity contribution in [3.63, 3.8) is 0 Å². The van der Waals surface area contributed by atoms with Gasteiger partial charge in [-0.25, -0.2) is 0 Å². The van der Waals surface area contributed by atoms with E-state index < -0.39 is 0 Å². The average molecular weight is 361 g/mol. The highest BCUT2D eigenvalue weighted by molar-refractivity contribution is 9.10. The molecule has 2 rings (SSSR count). The molecule has 0 radical (unpaired) electrons. The molecule has 0 unspecified atom stereocenters. The highest BCUT2D eigenvalue weighted by Gasteiger charge is 2.32. The molecular formula is C16H23BrClNO. The standard InChI is InChI=1S/C16H23BrClNO/c1-13-6-8-16(12-18,9-7-13)19-10-11-20-15-4-2-14(17)3-5-15/h2-5,13,19H,6-12H2,1H3. The normalized spacial score (nSPS) is 26.4. The highest BCUT2D eigenvalue weighted by Crippen LogP contribution is 2.32. The van der Waals surface area contributed by atoms with Gasteiger partial charge in [-0.2, -0.15) is 0 Å². The maximum Gasteiger partial charge on any atom is 0.119 e. The van der Waals surface area contributed by atoms with Gasteiger partial charge in [0.2, 0.25) is 0 Å². The zero-order valence-electron chi connectivity index (χ0n) is 12.0. The van der Waals surface area contributed by atoms with Crippen molar-refractivity contribution in [2.24, 2.45) is 5.92 Å². The molecule has 112 valence electrons. The third-order valence-electron chi connectivity index (χ3n) is 4.17. The molecule has 0 aliphatic heterocycles. The molecule has 1 aliphatic carbocycles. The summed E-state index contributed by atoms with van der Waals surface area (Å²) >= 11 is 9.61. The summed E-state index contributed by atoms with van der Waals surface area (Å²) < 4.78 is 6.81. The van der Waals surface area contributed by atoms with E-state index in [1.165, 1.54) is 25.7 Å². The van der Waals surface area contributed by atoms with Crippen LogP contribution in [0.5, 0.6) is 5.75 Å². The van der Waals surface area contributed by atoms with Crippen LogP contribution in [0.3, 0.4) is 0 Å². The van der Waals surface area contributed by atoms with Gasteiger partial charge in [0, 0.05) is 22.4 Å². The van der Waals surface area contributed by atoms with E-state index in [9.17, 15) is 0 Å². The van der Waals surface area contributed by atoms with Gasteiger partial charge in [-0.3, -0.25) is 0 Å². The summed E-state index contributed by atoms with van der Waals surface area (Å²) in [6, 6.07) is 7.93. The zero-order chi connectivity index (χ0) is 14.4. The van der Waals surface area contributed by atoms with Gasteiger partial charge < -0.3 is 10.1 Å². The second-order valence-corrected chi connectivity index (χ2v) is 7.01. The molecule has 4 heteroatoms. The molecule has 1 N–H and O–H groups in total. The molecule has 1 aromatic carbocycles. The summed E-state index contributed by atoms with van der Waals surface area (Å²) in [4.78, 5) is 0. The number of ether oxygens (including phenoxy) is 1. The first kappa shape index (κ1) is 16.1. The number of benzene rings is 1. The number of halogens is 2. The third kappa shape index (κ3) is 4.64. The van der Waals surface area contributed by atoms with Crippen LogP contribution in [0.4, 0.5) is 0 Å². The van der Waals surface area contributed by atoms with Gasteiger partial charge in [0.25, 0.3) is 0 Å². The van der Waals surface area contributed by atoms with E-state index in [2.05, 4.69) is 28.2 Å². The number of alkyl halides is 1. The Morgan fingerprint density at radius 2 is 1.95 bits per heavy atom. The summed E-state index contributed by atoms with van der Waals surface area (Å²) in [5.74, 6) is 2.44. The summed E-state index contributed by atoms with van der Waals surface area (Å²) in [5.41, 5.74) is 0.122. The number of hydrogen-bond acceptors (Lipinski definition) is 2. The summed E-state index contributed by atoms with van der Waals surface area (Å²) in [7, 11) is 0. The predicted molar refractivity (Wildman–Crippen MR) is 88.7 cm³/mol. The maximum absolute atomic E-state index is 6.19. The fraction of sp³-hybridized carbons (Fsp3) is 0.625. The van der Waals surface area contributed by atoms with Crippen LogP contribution in [0.2, 0.25) is 0 Å². The quantitative estimate of drug-likeness (QED) is 0.591. The fourth-order valence-electron chi connectivity index (χ4n) is 2.69. The van der Waals surface area contributed by atoms with Crippen molar-refractivity contribution in [2.45, 2.75) is 38.1 Å². The van der Waals surface area contributed by atoms with Crippen LogP contribution in [0.25, 0.3) is 0 Å². The Labute approximate surface area is 135 Å². The Hall–Kier alpha value is -0.250. The minimum Gasteiger partial charge on any atom is -0.492 e. The largest absolute Gasteiger partial charge is 0.492 e. The predicted octanol–water partition coefficient (Wildman–Crippen LogP) is 4.61. The van der Waals surface area contributed by atoms with E-state index in [1.807, 2.05) is 24.3 Å². The Balaban J connectivity index is 1.73. The molecule has 0 spiro atoms. The molecule has 2 nitrogen and oxygen atoms in total. The van der Waals surface area contributed by atoms with Gasteiger partial charge in [0.15, 0.2) is 0 Å². The molecule has 0 bridgehead atoms. The van der Waals surface area contributed by atoms with Crippen molar-refractivity contribution in [1.29, 1.82) is 0 Å². The molecule has 20 heavy (non-hydrogen) atoms. The summed E-state index contributed by atoms with van der Waals surface area (Å²) in [6.07, 6.45) is 4.90. The van der Waals surface area contributed by atoms with Crippen LogP contribution in [0.1, 0.15) is 32.6 Å². The van der Waals surface area contributed by atoms with Crippen molar-refractivity contribution in [3.8, 4) is 5.75 Å². The zero-order valence-corrected chi connectivity index (χ0v) is 14.3. The second-order valence-electron chi connectivity index (χ2n) is 5.83. The molecule has 0 amide bonds. The van der Waals surface area contributed by atoms with E-state index >= 15 is 0 Å². The topological polar surface area (TPSA) is 21.3 Å². The van der Waals surface area contributed by atoms with Crippen molar-refractivity contribution in [2.75, 3.05) is 19.0 Å². The van der Waals surface area contributed by atoms with Crippen molar-refractivity contribution < 1.29 is 4.74 Å². The number of nitrogens with one attached hydrogen (secondary N) is 1. The maximum atomic E-state index is 6.19. The minimum atomic E-state index is 0.122. The number of rotatable bonds is 6. The van der Waals surface area contributed by atoms with Gasteiger partial charge in [0.1, 0.15) is 12.4 Å². The van der Waals surface area contributed by atoms with Gasteiger partial charge in [-0.1, -0.05) is 22.9 Å². The van der Waals surface area contributed by atoms with E-state index in [-0.39, 0.29) is 5.54 Å². The average Bonchev–Trinajstić information content (AvgIpc) is 2.48. The van der Waals surface area contributed by atoms with E-state index in [4.69, 9.17) is 16.3 Å². The summed E-state index contributed by atoms with van der Waals surface area (Å²) in [6.45, 7) is 3.85. The highest BCUT2D eigenvalue weighted by atomic mass is 79.9. The lowest BCUT2D eigenvalue weighted by Crippen LogP contribution is -2.50. The third-order valence-corrected chi connectivity index (χ3v) is 5.21. The van der Waals surface area contributed by atoms with Crippen LogP contribution < -0.4 is 10.1 Å². The van der Waals surface area contributed by atoms with Crippen LogP contribution in [0.15, 0.2) is 28.7 Å². The Morgan fingerprint density at radius 1 is 1.30 bits per heavy atom. The molecule has 1 fully saturated rings. The summed E-state index contributed by atoms with van der Waals surface area (Å²) in [5, 5.41) is 3.62. The molecule has 1 aliphatic rings. The molecule has 1 saturated carbocycles. The molecule has 0 saturated heterocycles. The van der Waals surface area contributed by atoms with Crippen LogP contribution in [-0.4, -0.2) is 24.6 Å². The number of hydrogen-bond donors (Lipinski definition) is 1. The lowest BCUT2D eigenvalue weighted by molar-refractivity contribution is 0.202. The van der Waals surface area contributed by atoms with Crippen molar-refractivity contribution in [1.82, 2.24) is 5.32 Å². The first-order chi connectivity index (χ1) is 9.63. The van der Waals surface area contributed by atoms with Crippen LogP contribution in [-0.2, 0) is 0 Å². The Bertz CT molecular complexity index is 401. The van der Waals surface area contributed by atoms with Crippen molar-refractivity contribution >= 4 is 27.5 Å². The van der Waals surface area contributed by atoms with E-state index in [0.717, 1.165) is 22.7 Å². The van der Waals surface area contributed by atoms with Gasteiger partial charge in [-0.15, -0.1) is 11.6 Å². The molecule has 0 atom stereocenters. The van der Waals surface area contributed by atoms with Crippen LogP contribution >= 0.6 is 27.5 Å². The first-order valence-electron chi connectivity index (χ1n) is 7.33. The lowest BCUT2D eigenvalue weighted by Gasteiger charge is -2.39. The molecule has 0 heterocycles. The molecule has 0 aromatic heterocycles. The molecule has 1 aromatic rings. The SMILES string of the molecule is CC1CCC(CCl)(NCCOc2ccc(Br)cc2)CC1. The van der Waals surface area contributed by atoms with Gasteiger partial charge >= 0.3 is 0 Å². The lowest BCUT2D eigenvalue weighted by atomic mass is 9.78. The monoisotopic (exact) mass is 359 g/mol. The smallest absolute Gasteiger partial charge is 0.119 e. The first-order valence-corrected chi connectivity index (χ1v) is 8.66. The Kier molecular flexibility index (Phi) is 6.19. The Morgan fingerprint density at radius 3 is 2.55 bits per heavy atom. The van der Waals surface area contributed by atoms with E-state index in [0.29, 0.717) is 12.5 Å².